The topological polar surface area (TPSA) is 53.1 Å². The number of ether oxygens (including phenoxy) is 1. The molecule has 2 atom stereocenters. The largest absolute Gasteiger partial charge is 0.375 e. The Balaban J connectivity index is 1.48. The van der Waals surface area contributed by atoms with E-state index in [-0.39, 0.29) is 18.4 Å². The summed E-state index contributed by atoms with van der Waals surface area (Å²) >= 11 is 0. The smallest absolute Gasteiger partial charge is 0.248 e. The van der Waals surface area contributed by atoms with Crippen LogP contribution in [0, 0.1) is 5.92 Å². The van der Waals surface area contributed by atoms with E-state index in [0.29, 0.717) is 25.7 Å². The first-order valence-electron chi connectivity index (χ1n) is 8.46. The third kappa shape index (κ3) is 3.43. The molecule has 0 aromatic rings. The Morgan fingerprint density at radius 2 is 1.77 bits per heavy atom. The zero-order valence-electron chi connectivity index (χ0n) is 13.5. The van der Waals surface area contributed by atoms with Crippen LogP contribution in [0.15, 0.2) is 0 Å². The van der Waals surface area contributed by atoms with Crippen LogP contribution < -0.4 is 0 Å². The highest BCUT2D eigenvalue weighted by Crippen LogP contribution is 2.37. The van der Waals surface area contributed by atoms with E-state index in [1.54, 1.807) is 0 Å². The highest BCUT2D eigenvalue weighted by atomic mass is 16.5. The minimum atomic E-state index is 0.0219. The first-order chi connectivity index (χ1) is 10.7. The molecule has 2 saturated heterocycles. The molecule has 6 heteroatoms. The monoisotopic (exact) mass is 309 g/mol. The van der Waals surface area contributed by atoms with Crippen LogP contribution in [-0.2, 0) is 14.3 Å². The quantitative estimate of drug-likeness (QED) is 0.743. The van der Waals surface area contributed by atoms with Gasteiger partial charge in [-0.2, -0.15) is 0 Å². The summed E-state index contributed by atoms with van der Waals surface area (Å²) in [4.78, 5) is 30.5. The Labute approximate surface area is 132 Å². The molecule has 1 aliphatic carbocycles. The van der Waals surface area contributed by atoms with E-state index in [4.69, 9.17) is 4.74 Å². The number of likely N-dealkylation sites (tertiary alicyclic amines) is 1. The van der Waals surface area contributed by atoms with Crippen molar-refractivity contribution in [1.82, 2.24) is 14.7 Å². The Bertz CT molecular complexity index is 429. The maximum atomic E-state index is 12.5. The van der Waals surface area contributed by atoms with Crippen LogP contribution >= 0.6 is 0 Å². The van der Waals surface area contributed by atoms with Crippen molar-refractivity contribution in [3.05, 3.63) is 0 Å². The molecule has 0 unspecified atom stereocenters. The SMILES string of the molecule is COCC(=O)N1CCCN(C(=O)CN2C[C@@H]3CC[C@H]2C3)CC1. The van der Waals surface area contributed by atoms with E-state index in [0.717, 1.165) is 32.0 Å². The molecule has 1 saturated carbocycles. The molecule has 2 aliphatic heterocycles. The zero-order valence-corrected chi connectivity index (χ0v) is 13.5. The first kappa shape index (κ1) is 15.7. The van der Waals surface area contributed by atoms with Crippen molar-refractivity contribution in [2.24, 2.45) is 5.92 Å². The summed E-state index contributed by atoms with van der Waals surface area (Å²) in [5, 5.41) is 0. The number of hydrogen-bond acceptors (Lipinski definition) is 4. The second kappa shape index (κ2) is 6.96. The van der Waals surface area contributed by atoms with Crippen molar-refractivity contribution in [2.75, 3.05) is 53.0 Å². The van der Waals surface area contributed by atoms with Gasteiger partial charge in [-0.25, -0.2) is 0 Å². The number of nitrogens with zero attached hydrogens (tertiary/aromatic N) is 3. The third-order valence-corrected chi connectivity index (χ3v) is 5.33. The average Bonchev–Trinajstić information content (AvgIpc) is 3.02. The Kier molecular flexibility index (Phi) is 4.98. The normalized spacial score (nSPS) is 29.0. The Morgan fingerprint density at radius 3 is 2.36 bits per heavy atom. The number of amides is 2. The van der Waals surface area contributed by atoms with Gasteiger partial charge in [0.1, 0.15) is 6.61 Å². The van der Waals surface area contributed by atoms with Gasteiger partial charge in [-0.05, 0) is 31.6 Å². The summed E-state index contributed by atoms with van der Waals surface area (Å²) < 4.78 is 4.91. The fourth-order valence-corrected chi connectivity index (χ4v) is 4.13. The number of methoxy groups -OCH3 is 1. The van der Waals surface area contributed by atoms with Gasteiger partial charge in [0, 0.05) is 45.9 Å². The molecule has 3 rings (SSSR count). The van der Waals surface area contributed by atoms with Gasteiger partial charge < -0.3 is 14.5 Å². The summed E-state index contributed by atoms with van der Waals surface area (Å²) in [6.07, 6.45) is 4.74. The van der Waals surface area contributed by atoms with Crippen LogP contribution in [0.1, 0.15) is 25.7 Å². The van der Waals surface area contributed by atoms with Crippen molar-refractivity contribution >= 4 is 11.8 Å². The number of carbonyl (C=O) groups excluding carboxylic acids is 2. The van der Waals surface area contributed by atoms with Gasteiger partial charge >= 0.3 is 0 Å². The summed E-state index contributed by atoms with van der Waals surface area (Å²) in [6, 6.07) is 0.640. The zero-order chi connectivity index (χ0) is 15.5. The van der Waals surface area contributed by atoms with E-state index < -0.39 is 0 Å². The summed E-state index contributed by atoms with van der Waals surface area (Å²) in [6.45, 7) is 4.55. The number of hydrogen-bond donors (Lipinski definition) is 0. The van der Waals surface area contributed by atoms with Crippen molar-refractivity contribution in [1.29, 1.82) is 0 Å². The lowest BCUT2D eigenvalue weighted by molar-refractivity contribution is -0.136. The van der Waals surface area contributed by atoms with Gasteiger partial charge in [0.05, 0.1) is 6.54 Å². The molecular formula is C16H27N3O3. The molecule has 0 N–H and O–H groups in total. The number of rotatable bonds is 4. The molecule has 2 heterocycles. The second-order valence-electron chi connectivity index (χ2n) is 6.81. The highest BCUT2D eigenvalue weighted by Gasteiger charge is 2.38. The third-order valence-electron chi connectivity index (χ3n) is 5.33. The predicted octanol–water partition coefficient (Wildman–Crippen LogP) is 0.178. The minimum absolute atomic E-state index is 0.0219. The minimum Gasteiger partial charge on any atom is -0.375 e. The van der Waals surface area contributed by atoms with Gasteiger partial charge in [0.2, 0.25) is 11.8 Å². The molecule has 3 fully saturated rings. The highest BCUT2D eigenvalue weighted by molar-refractivity contribution is 5.79. The maximum Gasteiger partial charge on any atom is 0.248 e. The lowest BCUT2D eigenvalue weighted by Crippen LogP contribution is -2.44. The Hall–Kier alpha value is -1.14. The van der Waals surface area contributed by atoms with Crippen LogP contribution in [0.5, 0.6) is 0 Å². The molecule has 2 bridgehead atoms. The molecule has 2 amide bonds. The lowest BCUT2D eigenvalue weighted by Gasteiger charge is -2.29. The molecule has 0 aromatic carbocycles. The lowest BCUT2D eigenvalue weighted by atomic mass is 10.1. The van der Waals surface area contributed by atoms with Crippen LogP contribution in [0.4, 0.5) is 0 Å². The van der Waals surface area contributed by atoms with E-state index >= 15 is 0 Å². The predicted molar refractivity (Wildman–Crippen MR) is 82.4 cm³/mol. The van der Waals surface area contributed by atoms with E-state index in [2.05, 4.69) is 4.90 Å². The fourth-order valence-electron chi connectivity index (χ4n) is 4.13. The van der Waals surface area contributed by atoms with E-state index in [1.165, 1.54) is 26.4 Å². The molecule has 0 aromatic heterocycles. The van der Waals surface area contributed by atoms with Gasteiger partial charge in [-0.1, -0.05) is 0 Å². The summed E-state index contributed by atoms with van der Waals surface area (Å²) in [5.41, 5.74) is 0. The maximum absolute atomic E-state index is 12.5. The van der Waals surface area contributed by atoms with Gasteiger partial charge in [-0.15, -0.1) is 0 Å². The van der Waals surface area contributed by atoms with Crippen LogP contribution in [0.2, 0.25) is 0 Å². The standard InChI is InChI=1S/C16H27N3O3/c1-22-12-16(21)18-6-2-5-17(7-8-18)15(20)11-19-10-13-3-4-14(19)9-13/h13-14H,2-12H2,1H3/t13-,14+/m1/s1. The van der Waals surface area contributed by atoms with Crippen LogP contribution in [0.25, 0.3) is 0 Å². The van der Waals surface area contributed by atoms with Crippen LogP contribution in [-0.4, -0.2) is 85.5 Å². The number of fused-ring (bicyclic) bond motifs is 2. The van der Waals surface area contributed by atoms with Crippen LogP contribution in [0.3, 0.4) is 0 Å². The van der Waals surface area contributed by atoms with Crippen molar-refractivity contribution in [3.63, 3.8) is 0 Å². The summed E-state index contributed by atoms with van der Waals surface area (Å²) in [5.74, 6) is 1.08. The van der Waals surface area contributed by atoms with Crippen molar-refractivity contribution < 1.29 is 14.3 Å². The van der Waals surface area contributed by atoms with E-state index in [1.807, 2.05) is 9.80 Å². The molecular weight excluding hydrogens is 282 g/mol. The fraction of sp³-hybridized carbons (Fsp3) is 0.875. The molecule has 6 nitrogen and oxygen atoms in total. The van der Waals surface area contributed by atoms with E-state index in [9.17, 15) is 9.59 Å². The summed E-state index contributed by atoms with van der Waals surface area (Å²) in [7, 11) is 1.54. The van der Waals surface area contributed by atoms with Crippen molar-refractivity contribution in [2.45, 2.75) is 31.7 Å². The molecule has 124 valence electrons. The van der Waals surface area contributed by atoms with Crippen molar-refractivity contribution in [3.8, 4) is 0 Å². The van der Waals surface area contributed by atoms with Gasteiger partial charge in [-0.3, -0.25) is 14.5 Å². The number of carbonyl (C=O) groups is 2. The molecule has 0 radical (unpaired) electrons. The molecule has 3 aliphatic rings. The average molecular weight is 309 g/mol. The van der Waals surface area contributed by atoms with Gasteiger partial charge in [0.25, 0.3) is 0 Å². The van der Waals surface area contributed by atoms with Gasteiger partial charge in [0.15, 0.2) is 0 Å². The molecule has 0 spiro atoms. The Morgan fingerprint density at radius 1 is 1.05 bits per heavy atom. The molecule has 22 heavy (non-hydrogen) atoms. The first-order valence-corrected chi connectivity index (χ1v) is 8.46. The number of piperidine rings is 1. The second-order valence-corrected chi connectivity index (χ2v) is 6.81.